The zero-order valence-electron chi connectivity index (χ0n) is 8.50. The van der Waals surface area contributed by atoms with E-state index in [-0.39, 0.29) is 11.9 Å². The second kappa shape index (κ2) is 3.58. The van der Waals surface area contributed by atoms with Crippen molar-refractivity contribution < 1.29 is 9.13 Å². The van der Waals surface area contributed by atoms with E-state index in [4.69, 9.17) is 4.74 Å². The molecule has 0 radical (unpaired) electrons. The molecule has 2 aliphatic heterocycles. The van der Waals surface area contributed by atoms with Gasteiger partial charge in [-0.2, -0.15) is 0 Å². The number of hydrogen-bond acceptors (Lipinski definition) is 2. The lowest BCUT2D eigenvalue weighted by Gasteiger charge is -2.38. The monoisotopic (exact) mass is 207 g/mol. The molecule has 15 heavy (non-hydrogen) atoms. The average Bonchev–Trinajstić information content (AvgIpc) is 2.15. The van der Waals surface area contributed by atoms with Crippen LogP contribution in [0.3, 0.4) is 0 Å². The standard InChI is InChI=1S/C12H14FNO/c13-9-1-2-10-8(7-9)4-6-15-12(10)11-3-5-14-11/h1-2,7,11-12,14H,3-6H2/t11-,12?/m0/s1. The van der Waals surface area contributed by atoms with Gasteiger partial charge in [0.25, 0.3) is 0 Å². The Morgan fingerprint density at radius 1 is 1.40 bits per heavy atom. The highest BCUT2D eigenvalue weighted by atomic mass is 19.1. The van der Waals surface area contributed by atoms with E-state index in [0.717, 1.165) is 24.9 Å². The first-order valence-electron chi connectivity index (χ1n) is 5.48. The van der Waals surface area contributed by atoms with Crippen LogP contribution in [0.25, 0.3) is 0 Å². The molecule has 0 amide bonds. The van der Waals surface area contributed by atoms with Crippen LogP contribution in [0, 0.1) is 5.82 Å². The quantitative estimate of drug-likeness (QED) is 0.758. The summed E-state index contributed by atoms with van der Waals surface area (Å²) in [5.74, 6) is -0.143. The van der Waals surface area contributed by atoms with Crippen molar-refractivity contribution in [2.75, 3.05) is 13.2 Å². The van der Waals surface area contributed by atoms with E-state index in [2.05, 4.69) is 5.32 Å². The number of fused-ring (bicyclic) bond motifs is 1. The maximum atomic E-state index is 13.1. The highest BCUT2D eigenvalue weighted by molar-refractivity contribution is 5.33. The van der Waals surface area contributed by atoms with Gasteiger partial charge in [0.2, 0.25) is 0 Å². The number of hydrogen-bond donors (Lipinski definition) is 1. The molecule has 3 rings (SSSR count). The second-order valence-corrected chi connectivity index (χ2v) is 4.23. The summed E-state index contributed by atoms with van der Waals surface area (Å²) in [5.41, 5.74) is 2.28. The molecule has 3 heteroatoms. The van der Waals surface area contributed by atoms with Crippen LogP contribution in [-0.4, -0.2) is 19.2 Å². The Kier molecular flexibility index (Phi) is 2.22. The van der Waals surface area contributed by atoms with E-state index < -0.39 is 0 Å². The molecule has 0 saturated carbocycles. The lowest BCUT2D eigenvalue weighted by Crippen LogP contribution is -2.48. The normalized spacial score (nSPS) is 29.4. The SMILES string of the molecule is Fc1ccc2c(c1)CCOC2[C@@H]1CCN1. The Morgan fingerprint density at radius 2 is 2.27 bits per heavy atom. The largest absolute Gasteiger partial charge is 0.372 e. The molecule has 80 valence electrons. The molecule has 1 aromatic rings. The number of rotatable bonds is 1. The zero-order valence-corrected chi connectivity index (χ0v) is 8.50. The van der Waals surface area contributed by atoms with Crippen molar-refractivity contribution in [3.63, 3.8) is 0 Å². The van der Waals surface area contributed by atoms with Gasteiger partial charge in [-0.3, -0.25) is 0 Å². The summed E-state index contributed by atoms with van der Waals surface area (Å²) < 4.78 is 18.8. The molecule has 1 N–H and O–H groups in total. The van der Waals surface area contributed by atoms with Gasteiger partial charge in [-0.1, -0.05) is 6.07 Å². The summed E-state index contributed by atoms with van der Waals surface area (Å²) in [6.45, 7) is 1.78. The van der Waals surface area contributed by atoms with Crippen molar-refractivity contribution in [3.8, 4) is 0 Å². The van der Waals surface area contributed by atoms with Gasteiger partial charge in [-0.05, 0) is 42.6 Å². The fraction of sp³-hybridized carbons (Fsp3) is 0.500. The lowest BCUT2D eigenvalue weighted by molar-refractivity contribution is -0.00159. The molecule has 0 aliphatic carbocycles. The minimum Gasteiger partial charge on any atom is -0.372 e. The third-order valence-corrected chi connectivity index (χ3v) is 3.31. The van der Waals surface area contributed by atoms with Crippen molar-refractivity contribution in [1.29, 1.82) is 0 Å². The van der Waals surface area contributed by atoms with E-state index in [0.29, 0.717) is 12.6 Å². The molecule has 2 nitrogen and oxygen atoms in total. The molecule has 0 bridgehead atoms. The number of nitrogens with one attached hydrogen (secondary N) is 1. The Bertz CT molecular complexity index is 376. The van der Waals surface area contributed by atoms with Crippen LogP contribution in [0.15, 0.2) is 18.2 Å². The molecule has 0 spiro atoms. The van der Waals surface area contributed by atoms with Crippen molar-refractivity contribution in [2.45, 2.75) is 25.0 Å². The first-order valence-corrected chi connectivity index (χ1v) is 5.48. The van der Waals surface area contributed by atoms with E-state index in [1.165, 1.54) is 11.6 Å². The Hall–Kier alpha value is -0.930. The molecule has 2 atom stereocenters. The zero-order chi connectivity index (χ0) is 10.3. The van der Waals surface area contributed by atoms with Crippen molar-refractivity contribution in [2.24, 2.45) is 0 Å². The summed E-state index contributed by atoms with van der Waals surface area (Å²) in [6, 6.07) is 5.46. The Morgan fingerprint density at radius 3 is 3.00 bits per heavy atom. The molecule has 1 unspecified atom stereocenters. The molecular formula is C12H14FNO. The fourth-order valence-electron chi connectivity index (χ4n) is 2.36. The summed E-state index contributed by atoms with van der Waals surface area (Å²) in [7, 11) is 0. The molecule has 1 fully saturated rings. The molecular weight excluding hydrogens is 193 g/mol. The van der Waals surface area contributed by atoms with Gasteiger partial charge in [-0.25, -0.2) is 4.39 Å². The van der Waals surface area contributed by atoms with Gasteiger partial charge in [-0.15, -0.1) is 0 Å². The third-order valence-electron chi connectivity index (χ3n) is 3.31. The molecule has 1 aromatic carbocycles. The lowest BCUT2D eigenvalue weighted by atomic mass is 9.89. The van der Waals surface area contributed by atoms with E-state index in [9.17, 15) is 4.39 Å². The maximum Gasteiger partial charge on any atom is 0.123 e. The summed E-state index contributed by atoms with van der Waals surface area (Å²) in [5, 5.41) is 3.35. The fourth-order valence-corrected chi connectivity index (χ4v) is 2.36. The first kappa shape index (κ1) is 9.31. The van der Waals surface area contributed by atoms with Crippen LogP contribution in [0.1, 0.15) is 23.7 Å². The van der Waals surface area contributed by atoms with Crippen LogP contribution in [0.5, 0.6) is 0 Å². The Labute approximate surface area is 88.4 Å². The Balaban J connectivity index is 1.95. The van der Waals surface area contributed by atoms with Gasteiger partial charge in [0.05, 0.1) is 12.7 Å². The van der Waals surface area contributed by atoms with E-state index in [1.807, 2.05) is 6.07 Å². The summed E-state index contributed by atoms with van der Waals surface area (Å²) >= 11 is 0. The minimum atomic E-state index is -0.143. The molecule has 0 aromatic heterocycles. The van der Waals surface area contributed by atoms with Crippen molar-refractivity contribution in [1.82, 2.24) is 5.32 Å². The minimum absolute atomic E-state index is 0.128. The van der Waals surface area contributed by atoms with Gasteiger partial charge in [0.15, 0.2) is 0 Å². The smallest absolute Gasteiger partial charge is 0.123 e. The number of benzene rings is 1. The average molecular weight is 207 g/mol. The predicted molar refractivity (Wildman–Crippen MR) is 55.2 cm³/mol. The van der Waals surface area contributed by atoms with Gasteiger partial charge < -0.3 is 10.1 Å². The van der Waals surface area contributed by atoms with E-state index in [1.54, 1.807) is 6.07 Å². The van der Waals surface area contributed by atoms with Gasteiger partial charge in [0, 0.05) is 6.04 Å². The second-order valence-electron chi connectivity index (χ2n) is 4.23. The van der Waals surface area contributed by atoms with Crippen molar-refractivity contribution >= 4 is 0 Å². The highest BCUT2D eigenvalue weighted by Gasteiger charge is 2.32. The third kappa shape index (κ3) is 1.56. The highest BCUT2D eigenvalue weighted by Crippen LogP contribution is 2.33. The number of halogens is 1. The molecule has 2 aliphatic rings. The maximum absolute atomic E-state index is 13.1. The van der Waals surface area contributed by atoms with Crippen molar-refractivity contribution in [3.05, 3.63) is 35.1 Å². The summed E-state index contributed by atoms with van der Waals surface area (Å²) in [4.78, 5) is 0. The van der Waals surface area contributed by atoms with Crippen LogP contribution in [0.2, 0.25) is 0 Å². The summed E-state index contributed by atoms with van der Waals surface area (Å²) in [6.07, 6.45) is 2.11. The number of ether oxygens (including phenoxy) is 1. The molecule has 1 saturated heterocycles. The van der Waals surface area contributed by atoms with Crippen LogP contribution < -0.4 is 5.32 Å². The topological polar surface area (TPSA) is 21.3 Å². The van der Waals surface area contributed by atoms with Gasteiger partial charge in [0.1, 0.15) is 5.82 Å². The molecule has 2 heterocycles. The van der Waals surface area contributed by atoms with Crippen LogP contribution in [-0.2, 0) is 11.2 Å². The van der Waals surface area contributed by atoms with Gasteiger partial charge >= 0.3 is 0 Å². The van der Waals surface area contributed by atoms with Crippen LogP contribution >= 0.6 is 0 Å². The first-order chi connectivity index (χ1) is 7.34. The van der Waals surface area contributed by atoms with E-state index >= 15 is 0 Å². The predicted octanol–water partition coefficient (Wildman–Crippen LogP) is 1.80. The van der Waals surface area contributed by atoms with Crippen LogP contribution in [0.4, 0.5) is 4.39 Å².